The van der Waals surface area contributed by atoms with Crippen LogP contribution in [0.15, 0.2) is 138 Å². The van der Waals surface area contributed by atoms with Gasteiger partial charge in [-0.25, -0.2) is 0 Å². The van der Waals surface area contributed by atoms with Gasteiger partial charge in [-0.15, -0.1) is 0 Å². The summed E-state index contributed by atoms with van der Waals surface area (Å²) in [6.07, 6.45) is 0. The molecule has 0 amide bonds. The van der Waals surface area contributed by atoms with Gasteiger partial charge in [-0.2, -0.15) is 0 Å². The van der Waals surface area contributed by atoms with Gasteiger partial charge < -0.3 is 13.8 Å². The van der Waals surface area contributed by atoms with Crippen LogP contribution < -0.4 is 15.7 Å². The normalized spacial score (nSPS) is 13.9. The molecule has 0 saturated heterocycles. The lowest BCUT2D eigenvalue weighted by atomic mass is 9.43. The Kier molecular flexibility index (Phi) is 7.15. The number of fused-ring (bicyclic) bond motifs is 10. The summed E-state index contributed by atoms with van der Waals surface area (Å²) < 4.78 is 9.51. The highest BCUT2D eigenvalue weighted by atomic mass is 16.3. The first-order valence-electron chi connectivity index (χ1n) is 20.9. The van der Waals surface area contributed by atoms with Crippen molar-refractivity contribution < 1.29 is 4.42 Å². The molecular formula is C54H49BN2O. The number of aromatic nitrogens is 1. The van der Waals surface area contributed by atoms with Crippen molar-refractivity contribution in [2.24, 2.45) is 0 Å². The SMILES string of the molecule is CC(C)(C)c1ccc2c(c1)-c1cc(-c3ccccc3)cc3c1B(c1cc(C(C)(C)C)cc4c5cc(C(C)(C)C)ccc5n-3c14)N2c1cccc2c1oc1ccccc12. The molecule has 4 heteroatoms. The molecule has 2 aliphatic heterocycles. The van der Waals surface area contributed by atoms with Crippen LogP contribution >= 0.6 is 0 Å². The molecule has 0 bridgehead atoms. The Bertz CT molecular complexity index is 3180. The van der Waals surface area contributed by atoms with Crippen LogP contribution in [0.5, 0.6) is 0 Å². The summed E-state index contributed by atoms with van der Waals surface area (Å²) in [6, 6.07) is 50.5. The maximum Gasteiger partial charge on any atom is 0.333 e. The fourth-order valence-electron chi connectivity index (χ4n) is 9.85. The molecule has 3 nitrogen and oxygen atoms in total. The second kappa shape index (κ2) is 11.8. The minimum atomic E-state index is -0.120. The molecule has 284 valence electrons. The van der Waals surface area contributed by atoms with Gasteiger partial charge in [0.05, 0.1) is 16.7 Å². The third-order valence-electron chi connectivity index (χ3n) is 13.0. The summed E-state index contributed by atoms with van der Waals surface area (Å²) in [5.41, 5.74) is 19.5. The van der Waals surface area contributed by atoms with E-state index in [1.54, 1.807) is 0 Å². The third-order valence-corrected chi connectivity index (χ3v) is 13.0. The Hall–Kier alpha value is -6.00. The van der Waals surface area contributed by atoms with Crippen LogP contribution in [-0.4, -0.2) is 11.4 Å². The third kappa shape index (κ3) is 5.00. The van der Waals surface area contributed by atoms with Crippen LogP contribution in [0.25, 0.3) is 71.7 Å². The molecule has 0 saturated carbocycles. The van der Waals surface area contributed by atoms with Gasteiger partial charge in [-0.3, -0.25) is 0 Å². The Morgan fingerprint density at radius 2 is 1.14 bits per heavy atom. The van der Waals surface area contributed by atoms with Gasteiger partial charge in [0.2, 0.25) is 0 Å². The molecule has 0 spiro atoms. The van der Waals surface area contributed by atoms with Crippen molar-refractivity contribution in [2.45, 2.75) is 78.6 Å². The predicted octanol–water partition coefficient (Wildman–Crippen LogP) is 13.5. The van der Waals surface area contributed by atoms with Crippen LogP contribution in [0.1, 0.15) is 79.0 Å². The Morgan fingerprint density at radius 3 is 1.90 bits per heavy atom. The molecule has 0 atom stereocenters. The largest absolute Gasteiger partial charge is 0.454 e. The molecule has 11 rings (SSSR count). The number of hydrogen-bond donors (Lipinski definition) is 0. The van der Waals surface area contributed by atoms with Crippen molar-refractivity contribution in [1.29, 1.82) is 0 Å². The average Bonchev–Trinajstić information content (AvgIpc) is 3.75. The maximum absolute atomic E-state index is 6.90. The van der Waals surface area contributed by atoms with Gasteiger partial charge in [0.15, 0.2) is 5.58 Å². The van der Waals surface area contributed by atoms with E-state index in [4.69, 9.17) is 4.42 Å². The van der Waals surface area contributed by atoms with E-state index in [9.17, 15) is 0 Å². The molecule has 4 heterocycles. The lowest BCUT2D eigenvalue weighted by Gasteiger charge is -2.43. The van der Waals surface area contributed by atoms with E-state index in [-0.39, 0.29) is 23.1 Å². The van der Waals surface area contributed by atoms with Crippen LogP contribution in [0.2, 0.25) is 0 Å². The first kappa shape index (κ1) is 35.2. The fraction of sp³-hybridized carbons (Fsp3) is 0.222. The molecule has 7 aromatic carbocycles. The summed E-state index contributed by atoms with van der Waals surface area (Å²) in [5, 5.41) is 4.91. The number of furan rings is 1. The smallest absolute Gasteiger partial charge is 0.333 e. The van der Waals surface area contributed by atoms with Crippen LogP contribution in [0.3, 0.4) is 0 Å². The summed E-state index contributed by atoms with van der Waals surface area (Å²) >= 11 is 0. The van der Waals surface area contributed by atoms with E-state index >= 15 is 0 Å². The second-order valence-electron chi connectivity index (χ2n) is 19.9. The molecular weight excluding hydrogens is 703 g/mol. The van der Waals surface area contributed by atoms with E-state index in [0.717, 1.165) is 27.6 Å². The van der Waals surface area contributed by atoms with E-state index in [0.29, 0.717) is 0 Å². The van der Waals surface area contributed by atoms with E-state index in [1.165, 1.54) is 83.1 Å². The molecule has 0 N–H and O–H groups in total. The molecule has 9 aromatic rings. The van der Waals surface area contributed by atoms with Crippen molar-refractivity contribution in [3.05, 3.63) is 150 Å². The van der Waals surface area contributed by atoms with Crippen molar-refractivity contribution in [2.75, 3.05) is 4.81 Å². The average molecular weight is 753 g/mol. The zero-order chi connectivity index (χ0) is 40.0. The van der Waals surface area contributed by atoms with Crippen molar-refractivity contribution in [3.8, 4) is 27.9 Å². The van der Waals surface area contributed by atoms with E-state index in [1.807, 2.05) is 0 Å². The highest BCUT2D eigenvalue weighted by Crippen LogP contribution is 2.49. The van der Waals surface area contributed by atoms with Gasteiger partial charge in [-0.05, 0) is 115 Å². The minimum absolute atomic E-state index is 0.0126. The maximum atomic E-state index is 6.90. The zero-order valence-corrected chi connectivity index (χ0v) is 35.1. The number of benzene rings is 7. The fourth-order valence-corrected chi connectivity index (χ4v) is 9.85. The lowest BCUT2D eigenvalue weighted by Crippen LogP contribution is -2.61. The Labute approximate surface area is 342 Å². The standard InChI is InChI=1S/C54H49BN2O/c1-52(2,3)34-22-24-44-40(29-34)42-30-36(54(7,8)9)31-43-50(42)56(44)47-27-33(32-16-11-10-12-17-32)26-41-39-28-35(53(4,5)6)23-25-45(39)57(55(43)49(41)47)46-20-15-19-38-37-18-13-14-21-48(37)58-51(38)46/h10-31H,1-9H3. The Morgan fingerprint density at radius 1 is 0.466 bits per heavy atom. The van der Waals surface area contributed by atoms with Crippen LogP contribution in [-0.2, 0) is 16.2 Å². The molecule has 0 unspecified atom stereocenters. The molecule has 58 heavy (non-hydrogen) atoms. The molecule has 2 aliphatic rings. The van der Waals surface area contributed by atoms with Gasteiger partial charge >= 0.3 is 6.85 Å². The molecule has 2 aromatic heterocycles. The summed E-state index contributed by atoms with van der Waals surface area (Å²) in [7, 11) is 0. The number of para-hydroxylation sites is 2. The monoisotopic (exact) mass is 752 g/mol. The van der Waals surface area contributed by atoms with Gasteiger partial charge in [0.1, 0.15) is 5.58 Å². The quantitative estimate of drug-likeness (QED) is 0.164. The number of rotatable bonds is 2. The first-order valence-corrected chi connectivity index (χ1v) is 20.9. The Balaban J connectivity index is 1.35. The van der Waals surface area contributed by atoms with E-state index < -0.39 is 0 Å². The summed E-state index contributed by atoms with van der Waals surface area (Å²) in [4.78, 5) is 2.63. The van der Waals surface area contributed by atoms with E-state index in [2.05, 4.69) is 205 Å². The summed E-state index contributed by atoms with van der Waals surface area (Å²) in [6.45, 7) is 20.9. The highest BCUT2D eigenvalue weighted by molar-refractivity contribution is 6.93. The first-order chi connectivity index (χ1) is 27.7. The minimum Gasteiger partial charge on any atom is -0.454 e. The molecule has 0 aliphatic carbocycles. The number of anilines is 2. The predicted molar refractivity (Wildman–Crippen MR) is 249 cm³/mol. The van der Waals surface area contributed by atoms with Crippen molar-refractivity contribution in [1.82, 2.24) is 4.57 Å². The second-order valence-corrected chi connectivity index (χ2v) is 19.9. The van der Waals surface area contributed by atoms with Gasteiger partial charge in [0, 0.05) is 38.5 Å². The topological polar surface area (TPSA) is 21.3 Å². The highest BCUT2D eigenvalue weighted by Gasteiger charge is 2.45. The molecule has 0 fully saturated rings. The lowest BCUT2D eigenvalue weighted by molar-refractivity contribution is 0.590. The summed E-state index contributed by atoms with van der Waals surface area (Å²) in [5.74, 6) is 0. The van der Waals surface area contributed by atoms with Gasteiger partial charge in [0.25, 0.3) is 0 Å². The van der Waals surface area contributed by atoms with Crippen LogP contribution in [0, 0.1) is 0 Å². The van der Waals surface area contributed by atoms with Gasteiger partial charge in [-0.1, -0.05) is 141 Å². The van der Waals surface area contributed by atoms with Crippen molar-refractivity contribution in [3.63, 3.8) is 0 Å². The zero-order valence-electron chi connectivity index (χ0n) is 35.1. The van der Waals surface area contributed by atoms with Crippen molar-refractivity contribution >= 4 is 72.9 Å². The molecule has 0 radical (unpaired) electrons. The van der Waals surface area contributed by atoms with Crippen LogP contribution in [0.4, 0.5) is 11.4 Å². The number of hydrogen-bond acceptors (Lipinski definition) is 2. The number of nitrogens with zero attached hydrogens (tertiary/aromatic N) is 2.